The first-order chi connectivity index (χ1) is 6.17. The van der Waals surface area contributed by atoms with Gasteiger partial charge in [-0.3, -0.25) is 0 Å². The summed E-state index contributed by atoms with van der Waals surface area (Å²) in [6.07, 6.45) is -0.491. The second-order valence-electron chi connectivity index (χ2n) is 3.14. The van der Waals surface area contributed by atoms with Gasteiger partial charge in [-0.15, -0.1) is 0 Å². The van der Waals surface area contributed by atoms with Crippen molar-refractivity contribution < 1.29 is 9.53 Å². The molecule has 1 saturated heterocycles. The van der Waals surface area contributed by atoms with Gasteiger partial charge in [0.2, 0.25) is 0 Å². The van der Waals surface area contributed by atoms with Crippen LogP contribution in [0.5, 0.6) is 0 Å². The summed E-state index contributed by atoms with van der Waals surface area (Å²) in [6, 6.07) is 0. The Morgan fingerprint density at radius 3 is 2.62 bits per heavy atom. The molecule has 0 saturated carbocycles. The Morgan fingerprint density at radius 1 is 1.62 bits per heavy atom. The molecule has 1 heterocycles. The molecule has 0 aromatic heterocycles. The van der Waals surface area contributed by atoms with Gasteiger partial charge < -0.3 is 9.64 Å². The van der Waals surface area contributed by atoms with Crippen molar-refractivity contribution in [2.45, 2.75) is 20.0 Å². The smallest absolute Gasteiger partial charge is 0.424 e. The van der Waals surface area contributed by atoms with Crippen LogP contribution in [0.1, 0.15) is 13.8 Å². The zero-order chi connectivity index (χ0) is 9.84. The summed E-state index contributed by atoms with van der Waals surface area (Å²) in [7, 11) is 0. The van der Waals surface area contributed by atoms with Crippen molar-refractivity contribution >= 4 is 6.09 Å². The topological polar surface area (TPSA) is 58.8 Å². The first kappa shape index (κ1) is 10.3. The van der Waals surface area contributed by atoms with Crippen LogP contribution in [0, 0.1) is 0 Å². The SMILES string of the molecule is CCN(CC)CC1CN(N)C(=O)O1. The van der Waals surface area contributed by atoms with Gasteiger partial charge in [0.1, 0.15) is 6.10 Å². The quantitative estimate of drug-likeness (QED) is 0.498. The third-order valence-electron chi connectivity index (χ3n) is 2.26. The highest BCUT2D eigenvalue weighted by atomic mass is 16.6. The molecule has 1 fully saturated rings. The Labute approximate surface area is 78.4 Å². The standard InChI is InChI=1S/C8H17N3O2/c1-3-10(4-2)5-7-6-11(9)8(12)13-7/h7H,3-6,9H2,1-2H3. The highest BCUT2D eigenvalue weighted by Gasteiger charge is 2.29. The van der Waals surface area contributed by atoms with Crippen LogP contribution in [0.25, 0.3) is 0 Å². The van der Waals surface area contributed by atoms with Gasteiger partial charge in [0.05, 0.1) is 6.54 Å². The number of ether oxygens (including phenoxy) is 1. The Kier molecular flexibility index (Phi) is 3.50. The van der Waals surface area contributed by atoms with Gasteiger partial charge in [0.25, 0.3) is 0 Å². The third-order valence-corrected chi connectivity index (χ3v) is 2.26. The number of nitrogens with zero attached hydrogens (tertiary/aromatic N) is 2. The van der Waals surface area contributed by atoms with Crippen molar-refractivity contribution in [1.29, 1.82) is 0 Å². The molecule has 1 aliphatic rings. The number of rotatable bonds is 4. The normalized spacial score (nSPS) is 22.6. The van der Waals surface area contributed by atoms with Crippen LogP contribution in [0.2, 0.25) is 0 Å². The van der Waals surface area contributed by atoms with Crippen molar-refractivity contribution in [3.8, 4) is 0 Å². The van der Waals surface area contributed by atoms with Gasteiger partial charge in [-0.25, -0.2) is 15.6 Å². The largest absolute Gasteiger partial charge is 0.442 e. The fourth-order valence-corrected chi connectivity index (χ4v) is 1.41. The van der Waals surface area contributed by atoms with E-state index in [1.807, 2.05) is 0 Å². The maximum atomic E-state index is 10.9. The summed E-state index contributed by atoms with van der Waals surface area (Å²) < 4.78 is 5.03. The van der Waals surface area contributed by atoms with E-state index in [0.717, 1.165) is 24.6 Å². The van der Waals surface area contributed by atoms with E-state index < -0.39 is 6.09 Å². The highest BCUT2D eigenvalue weighted by molar-refractivity contribution is 5.69. The number of hydrogen-bond donors (Lipinski definition) is 1. The summed E-state index contributed by atoms with van der Waals surface area (Å²) in [5.74, 6) is 5.37. The van der Waals surface area contributed by atoms with E-state index in [2.05, 4.69) is 18.7 Å². The molecular weight excluding hydrogens is 170 g/mol. The van der Waals surface area contributed by atoms with E-state index in [0.29, 0.717) is 6.54 Å². The van der Waals surface area contributed by atoms with E-state index in [1.54, 1.807) is 0 Å². The lowest BCUT2D eigenvalue weighted by molar-refractivity contribution is 0.109. The monoisotopic (exact) mass is 187 g/mol. The molecule has 0 radical (unpaired) electrons. The molecule has 1 atom stereocenters. The Balaban J connectivity index is 2.34. The van der Waals surface area contributed by atoms with E-state index >= 15 is 0 Å². The second kappa shape index (κ2) is 4.43. The molecule has 0 aromatic rings. The van der Waals surface area contributed by atoms with Crippen LogP contribution in [0.4, 0.5) is 4.79 Å². The number of hydrazine groups is 1. The predicted octanol–water partition coefficient (Wildman–Crippen LogP) is 0.0227. The van der Waals surface area contributed by atoms with Gasteiger partial charge in [0.15, 0.2) is 0 Å². The molecule has 1 unspecified atom stereocenters. The minimum absolute atomic E-state index is 0.0719. The number of carbonyl (C=O) groups excluding carboxylic acids is 1. The van der Waals surface area contributed by atoms with Crippen LogP contribution in [0.3, 0.4) is 0 Å². The Hall–Kier alpha value is -0.810. The van der Waals surface area contributed by atoms with Crippen molar-refractivity contribution in [2.75, 3.05) is 26.2 Å². The average Bonchev–Trinajstić information content (AvgIpc) is 2.42. The van der Waals surface area contributed by atoms with Crippen molar-refractivity contribution in [3.63, 3.8) is 0 Å². The molecule has 0 bridgehead atoms. The highest BCUT2D eigenvalue weighted by Crippen LogP contribution is 2.08. The first-order valence-corrected chi connectivity index (χ1v) is 4.62. The first-order valence-electron chi connectivity index (χ1n) is 4.62. The number of cyclic esters (lactones) is 1. The molecule has 0 aromatic carbocycles. The fraction of sp³-hybridized carbons (Fsp3) is 0.875. The molecular formula is C8H17N3O2. The van der Waals surface area contributed by atoms with E-state index in [-0.39, 0.29) is 6.10 Å². The van der Waals surface area contributed by atoms with Crippen molar-refractivity contribution in [2.24, 2.45) is 5.84 Å². The zero-order valence-corrected chi connectivity index (χ0v) is 8.19. The molecule has 1 amide bonds. The van der Waals surface area contributed by atoms with Crippen molar-refractivity contribution in [3.05, 3.63) is 0 Å². The molecule has 0 spiro atoms. The van der Waals surface area contributed by atoms with E-state index in [1.165, 1.54) is 0 Å². The molecule has 5 nitrogen and oxygen atoms in total. The van der Waals surface area contributed by atoms with Crippen molar-refractivity contribution in [1.82, 2.24) is 9.91 Å². The summed E-state index contributed by atoms with van der Waals surface area (Å²) >= 11 is 0. The van der Waals surface area contributed by atoms with Gasteiger partial charge in [-0.2, -0.15) is 0 Å². The number of hydrogen-bond acceptors (Lipinski definition) is 4. The lowest BCUT2D eigenvalue weighted by atomic mass is 10.3. The molecule has 2 N–H and O–H groups in total. The second-order valence-corrected chi connectivity index (χ2v) is 3.14. The summed E-state index contributed by atoms with van der Waals surface area (Å²) in [4.78, 5) is 13.1. The molecule has 76 valence electrons. The molecule has 1 aliphatic heterocycles. The zero-order valence-electron chi connectivity index (χ0n) is 8.19. The summed E-state index contributed by atoms with van der Waals surface area (Å²) in [6.45, 7) is 7.37. The minimum atomic E-state index is -0.419. The van der Waals surface area contributed by atoms with Crippen LogP contribution in [-0.2, 0) is 4.74 Å². The Bertz CT molecular complexity index is 182. The average molecular weight is 187 g/mol. The van der Waals surface area contributed by atoms with Crippen LogP contribution < -0.4 is 5.84 Å². The molecule has 5 heteroatoms. The maximum Gasteiger partial charge on any atom is 0.424 e. The maximum absolute atomic E-state index is 10.9. The minimum Gasteiger partial charge on any atom is -0.442 e. The Morgan fingerprint density at radius 2 is 2.23 bits per heavy atom. The number of nitrogens with two attached hydrogens (primary N) is 1. The van der Waals surface area contributed by atoms with E-state index in [4.69, 9.17) is 10.6 Å². The molecule has 1 rings (SSSR count). The number of likely N-dealkylation sites (N-methyl/N-ethyl adjacent to an activating group) is 1. The lowest BCUT2D eigenvalue weighted by Gasteiger charge is -2.20. The van der Waals surface area contributed by atoms with E-state index in [9.17, 15) is 4.79 Å². The molecule has 0 aliphatic carbocycles. The summed E-state index contributed by atoms with van der Waals surface area (Å²) in [5.41, 5.74) is 0. The lowest BCUT2D eigenvalue weighted by Crippen LogP contribution is -2.36. The third kappa shape index (κ3) is 2.57. The number of carbonyl (C=O) groups is 1. The van der Waals surface area contributed by atoms with Crippen LogP contribution in [-0.4, -0.2) is 48.3 Å². The summed E-state index contributed by atoms with van der Waals surface area (Å²) in [5, 5.41) is 1.12. The van der Waals surface area contributed by atoms with Crippen LogP contribution in [0.15, 0.2) is 0 Å². The van der Waals surface area contributed by atoms with Crippen LogP contribution >= 0.6 is 0 Å². The van der Waals surface area contributed by atoms with Gasteiger partial charge in [0, 0.05) is 6.54 Å². The molecule has 13 heavy (non-hydrogen) atoms. The fourth-order valence-electron chi connectivity index (χ4n) is 1.41. The number of amides is 1. The van der Waals surface area contributed by atoms with Gasteiger partial charge in [-0.1, -0.05) is 13.8 Å². The predicted molar refractivity (Wildman–Crippen MR) is 49.0 cm³/mol. The van der Waals surface area contributed by atoms with Gasteiger partial charge in [-0.05, 0) is 13.1 Å². The van der Waals surface area contributed by atoms with Gasteiger partial charge >= 0.3 is 6.09 Å².